The highest BCUT2D eigenvalue weighted by atomic mass is 16.5. The van der Waals surface area contributed by atoms with Gasteiger partial charge in [0.2, 0.25) is 17.7 Å². The number of hydrogen-bond acceptors (Lipinski definition) is 8. The molecule has 64 heavy (non-hydrogen) atoms. The third-order valence-electron chi connectivity index (χ3n) is 10.9. The van der Waals surface area contributed by atoms with E-state index in [9.17, 15) is 28.8 Å². The van der Waals surface area contributed by atoms with Crippen LogP contribution in [0.1, 0.15) is 214 Å². The second-order valence-electron chi connectivity index (χ2n) is 17.0. The lowest BCUT2D eigenvalue weighted by Crippen LogP contribution is -2.41. The molecule has 0 unspecified atom stereocenters. The van der Waals surface area contributed by atoms with E-state index in [1.54, 1.807) is 0 Å². The number of carbonyl (C=O) groups is 6. The number of ether oxygens (including phenoxy) is 2. The number of ketones is 1. The van der Waals surface area contributed by atoms with Crippen LogP contribution >= 0.6 is 0 Å². The molecule has 0 spiro atoms. The van der Waals surface area contributed by atoms with Crippen LogP contribution in [0, 0.1) is 0 Å². The number of nitrogens with one attached hydrogen (secondary N) is 2. The molecular formula is C53H91N3O8. The lowest BCUT2D eigenvalue weighted by molar-refractivity contribution is -0.148. The molecule has 366 valence electrons. The fourth-order valence-electron chi connectivity index (χ4n) is 6.97. The summed E-state index contributed by atoms with van der Waals surface area (Å²) in [6.45, 7) is 8.03. The van der Waals surface area contributed by atoms with Crippen LogP contribution in [0.4, 0.5) is 0 Å². The van der Waals surface area contributed by atoms with Gasteiger partial charge in [0.15, 0.2) is 5.78 Å². The van der Waals surface area contributed by atoms with E-state index >= 15 is 0 Å². The molecule has 0 aromatic heterocycles. The Bertz CT molecular complexity index is 1280. The minimum Gasteiger partial charge on any atom is -0.464 e. The van der Waals surface area contributed by atoms with Gasteiger partial charge in [0, 0.05) is 39.2 Å². The maximum atomic E-state index is 13.3. The van der Waals surface area contributed by atoms with Gasteiger partial charge in [-0.1, -0.05) is 127 Å². The minimum absolute atomic E-state index is 0.00183. The largest absolute Gasteiger partial charge is 0.464 e. The highest BCUT2D eigenvalue weighted by Gasteiger charge is 2.20. The van der Waals surface area contributed by atoms with E-state index in [1.807, 2.05) is 0 Å². The summed E-state index contributed by atoms with van der Waals surface area (Å²) in [5.74, 6) is -1.67. The molecule has 0 fully saturated rings. The van der Waals surface area contributed by atoms with Crippen LogP contribution in [0.3, 0.4) is 0 Å². The normalized spacial score (nSPS) is 12.1. The third-order valence-corrected chi connectivity index (χ3v) is 10.9. The van der Waals surface area contributed by atoms with Gasteiger partial charge >= 0.3 is 11.9 Å². The van der Waals surface area contributed by atoms with Crippen molar-refractivity contribution in [1.82, 2.24) is 15.5 Å². The van der Waals surface area contributed by atoms with Crippen LogP contribution in [0.2, 0.25) is 0 Å². The Balaban J connectivity index is 4.70. The zero-order valence-electron chi connectivity index (χ0n) is 41.0. The van der Waals surface area contributed by atoms with Gasteiger partial charge in [-0.3, -0.25) is 28.8 Å². The number of hydrogen-bond donors (Lipinski definition) is 2. The molecule has 0 aromatic rings. The maximum Gasteiger partial charge on any atom is 0.305 e. The Kier molecular flexibility index (Phi) is 42.7. The summed E-state index contributed by atoms with van der Waals surface area (Å²) in [6.07, 6.45) is 44.3. The molecule has 0 rings (SSSR count). The van der Waals surface area contributed by atoms with Crippen molar-refractivity contribution in [3.05, 3.63) is 48.6 Å². The SMILES string of the molecule is CCCCC/C=C\C/C=C\CCCCCCCC(=O)OCCN(CCOC(=O)CCCCCCC/C=C\C/C=C\CCCCC)C(=O)CCC(=O)N[C@@H](CCCCNC(C)=O)C(C)=O. The van der Waals surface area contributed by atoms with E-state index < -0.39 is 11.9 Å². The smallest absolute Gasteiger partial charge is 0.305 e. The lowest BCUT2D eigenvalue weighted by Gasteiger charge is -2.23. The van der Waals surface area contributed by atoms with Crippen LogP contribution < -0.4 is 10.6 Å². The van der Waals surface area contributed by atoms with Crippen molar-refractivity contribution in [3.8, 4) is 0 Å². The predicted octanol–water partition coefficient (Wildman–Crippen LogP) is 11.7. The van der Waals surface area contributed by atoms with Crippen LogP contribution in [-0.2, 0) is 38.2 Å². The molecule has 1 atom stereocenters. The molecule has 0 aliphatic heterocycles. The molecule has 2 N–H and O–H groups in total. The quantitative estimate of drug-likeness (QED) is 0.0349. The summed E-state index contributed by atoms with van der Waals surface area (Å²) in [7, 11) is 0. The zero-order chi connectivity index (χ0) is 47.1. The molecule has 0 heterocycles. The van der Waals surface area contributed by atoms with Gasteiger partial charge in [-0.25, -0.2) is 0 Å². The molecule has 11 heteroatoms. The molecule has 0 aromatic carbocycles. The van der Waals surface area contributed by atoms with Gasteiger partial charge in [0.05, 0.1) is 19.1 Å². The van der Waals surface area contributed by atoms with Gasteiger partial charge < -0.3 is 25.0 Å². The average molecular weight is 898 g/mol. The highest BCUT2D eigenvalue weighted by Crippen LogP contribution is 2.11. The van der Waals surface area contributed by atoms with Crippen molar-refractivity contribution in [2.75, 3.05) is 32.8 Å². The zero-order valence-corrected chi connectivity index (χ0v) is 41.0. The number of esters is 2. The topological polar surface area (TPSA) is 148 Å². The van der Waals surface area contributed by atoms with Crippen molar-refractivity contribution in [2.45, 2.75) is 220 Å². The molecule has 0 bridgehead atoms. The van der Waals surface area contributed by atoms with E-state index in [1.165, 1.54) is 70.1 Å². The first-order valence-electron chi connectivity index (χ1n) is 25.3. The third kappa shape index (κ3) is 42.0. The van der Waals surface area contributed by atoms with E-state index in [2.05, 4.69) is 73.1 Å². The van der Waals surface area contributed by atoms with Crippen molar-refractivity contribution in [2.24, 2.45) is 0 Å². The summed E-state index contributed by atoms with van der Waals surface area (Å²) >= 11 is 0. The number of amides is 3. The standard InChI is InChI=1S/C53H91N3O8/c1-5-7-9-11-13-15-17-19-21-23-25-27-29-31-33-38-52(61)63-45-43-56(51(60)41-40-50(59)55-49(47(3)57)37-35-36-42-54-48(4)58)44-46-64-53(62)39-34-32-30-28-26-24-22-20-18-16-14-12-10-8-6-2/h13-16,19-22,49H,5-12,17-18,23-46H2,1-4H3,(H,54,58)(H,55,59)/b15-13-,16-14-,21-19-,22-20-/t49-/m0/s1. The number of rotatable bonds is 44. The van der Waals surface area contributed by atoms with Gasteiger partial charge in [0.25, 0.3) is 0 Å². The molecule has 3 amide bonds. The highest BCUT2D eigenvalue weighted by molar-refractivity contribution is 5.89. The van der Waals surface area contributed by atoms with E-state index in [0.717, 1.165) is 89.9 Å². The summed E-state index contributed by atoms with van der Waals surface area (Å²) in [5.41, 5.74) is 0. The Labute approximate surface area is 389 Å². The first-order chi connectivity index (χ1) is 31.1. The van der Waals surface area contributed by atoms with Gasteiger partial charge in [-0.2, -0.15) is 0 Å². The second kappa shape index (κ2) is 45.5. The summed E-state index contributed by atoms with van der Waals surface area (Å²) < 4.78 is 11.0. The number of nitrogens with zero attached hydrogens (tertiary/aromatic N) is 1. The summed E-state index contributed by atoms with van der Waals surface area (Å²) in [5, 5.41) is 5.46. The first-order valence-corrected chi connectivity index (χ1v) is 25.3. The van der Waals surface area contributed by atoms with Gasteiger partial charge in [-0.15, -0.1) is 0 Å². The molecule has 0 aliphatic rings. The van der Waals surface area contributed by atoms with Crippen LogP contribution in [0.15, 0.2) is 48.6 Å². The Hall–Kier alpha value is -4.02. The molecule has 0 aliphatic carbocycles. The van der Waals surface area contributed by atoms with Crippen LogP contribution in [-0.4, -0.2) is 79.2 Å². The maximum absolute atomic E-state index is 13.3. The molecule has 11 nitrogen and oxygen atoms in total. The number of allylic oxidation sites excluding steroid dienone is 8. The first kappa shape index (κ1) is 60.0. The van der Waals surface area contributed by atoms with Crippen molar-refractivity contribution < 1.29 is 38.2 Å². The monoisotopic (exact) mass is 898 g/mol. The van der Waals surface area contributed by atoms with Crippen molar-refractivity contribution >= 4 is 35.4 Å². The average Bonchev–Trinajstić information content (AvgIpc) is 3.26. The van der Waals surface area contributed by atoms with E-state index in [4.69, 9.17) is 9.47 Å². The molecule has 0 saturated carbocycles. The van der Waals surface area contributed by atoms with Gasteiger partial charge in [-0.05, 0) is 103 Å². The lowest BCUT2D eigenvalue weighted by atomic mass is 10.1. The Morgan fingerprint density at radius 1 is 0.500 bits per heavy atom. The number of Topliss-reactive ketones (excluding diaryl/α,β-unsaturated/α-hetero) is 1. The Morgan fingerprint density at radius 2 is 0.938 bits per heavy atom. The van der Waals surface area contributed by atoms with Gasteiger partial charge in [0.1, 0.15) is 13.2 Å². The van der Waals surface area contributed by atoms with E-state index in [-0.39, 0.29) is 68.7 Å². The van der Waals surface area contributed by atoms with E-state index in [0.29, 0.717) is 38.6 Å². The summed E-state index contributed by atoms with van der Waals surface area (Å²) in [4.78, 5) is 75.9. The molecular weight excluding hydrogens is 807 g/mol. The van der Waals surface area contributed by atoms with Crippen molar-refractivity contribution in [1.29, 1.82) is 0 Å². The van der Waals surface area contributed by atoms with Crippen LogP contribution in [0.25, 0.3) is 0 Å². The number of carbonyl (C=O) groups excluding carboxylic acids is 6. The predicted molar refractivity (Wildman–Crippen MR) is 262 cm³/mol. The summed E-state index contributed by atoms with van der Waals surface area (Å²) in [6, 6.07) is -0.672. The number of unbranched alkanes of at least 4 members (excludes halogenated alkanes) is 17. The van der Waals surface area contributed by atoms with Crippen LogP contribution in [0.5, 0.6) is 0 Å². The fourth-order valence-corrected chi connectivity index (χ4v) is 6.97. The Morgan fingerprint density at radius 3 is 1.38 bits per heavy atom. The second-order valence-corrected chi connectivity index (χ2v) is 17.0. The molecule has 0 saturated heterocycles. The molecule has 0 radical (unpaired) electrons. The van der Waals surface area contributed by atoms with Crippen molar-refractivity contribution in [3.63, 3.8) is 0 Å². The fraction of sp³-hybridized carbons (Fsp3) is 0.736. The minimum atomic E-state index is -0.672.